The Morgan fingerprint density at radius 1 is 1.00 bits per heavy atom. The second-order valence-electron chi connectivity index (χ2n) is 7.64. The van der Waals surface area contributed by atoms with Crippen molar-refractivity contribution < 1.29 is 22.7 Å². The second kappa shape index (κ2) is 9.13. The number of hydrogen-bond acceptors (Lipinski definition) is 6. The molecule has 0 radical (unpaired) electrons. The van der Waals surface area contributed by atoms with Gasteiger partial charge >= 0.3 is 5.97 Å². The van der Waals surface area contributed by atoms with Crippen molar-refractivity contribution in [2.45, 2.75) is 56.4 Å². The quantitative estimate of drug-likeness (QED) is 0.700. The summed E-state index contributed by atoms with van der Waals surface area (Å²) in [6.07, 6.45) is 4.72. The number of carbonyl (C=O) groups is 2. The van der Waals surface area contributed by atoms with Crippen LogP contribution in [0.15, 0.2) is 23.1 Å². The average Bonchev–Trinajstić information content (AvgIpc) is 2.74. The lowest BCUT2D eigenvalue weighted by Gasteiger charge is -2.33. The number of esters is 1. The lowest BCUT2D eigenvalue weighted by Crippen LogP contribution is -2.38. The summed E-state index contributed by atoms with van der Waals surface area (Å²) in [5.74, 6) is -1.53. The fourth-order valence-corrected chi connectivity index (χ4v) is 5.53. The highest BCUT2D eigenvalue weighted by Crippen LogP contribution is 2.32. The average molecular weight is 424 g/mol. The molecule has 0 bridgehead atoms. The van der Waals surface area contributed by atoms with E-state index in [1.807, 2.05) is 0 Å². The number of amides is 1. The molecule has 3 rings (SSSR count). The van der Waals surface area contributed by atoms with Crippen LogP contribution >= 0.6 is 0 Å². The van der Waals surface area contributed by atoms with Crippen LogP contribution in [-0.4, -0.2) is 56.9 Å². The van der Waals surface area contributed by atoms with Gasteiger partial charge in [-0.25, -0.2) is 13.2 Å². The monoisotopic (exact) mass is 423 g/mol. The number of piperidine rings is 2. The van der Waals surface area contributed by atoms with E-state index in [1.54, 1.807) is 12.1 Å². The molecule has 1 aromatic rings. The van der Waals surface area contributed by atoms with E-state index >= 15 is 0 Å². The Balaban J connectivity index is 1.99. The maximum absolute atomic E-state index is 13.4. The fourth-order valence-electron chi connectivity index (χ4n) is 3.77. The highest BCUT2D eigenvalue weighted by molar-refractivity contribution is 7.89. The van der Waals surface area contributed by atoms with Gasteiger partial charge in [0.15, 0.2) is 6.10 Å². The third-order valence-corrected chi connectivity index (χ3v) is 7.44. The van der Waals surface area contributed by atoms with Crippen molar-refractivity contribution in [2.24, 2.45) is 5.73 Å². The summed E-state index contributed by atoms with van der Waals surface area (Å²) in [7, 11) is -3.75. The van der Waals surface area contributed by atoms with Crippen molar-refractivity contribution in [3.8, 4) is 0 Å². The molecule has 2 N–H and O–H groups in total. The molecule has 1 amide bonds. The summed E-state index contributed by atoms with van der Waals surface area (Å²) in [6, 6.07) is 4.60. The zero-order chi connectivity index (χ0) is 21.0. The molecule has 1 atom stereocenters. The van der Waals surface area contributed by atoms with Crippen LogP contribution in [0.4, 0.5) is 5.69 Å². The van der Waals surface area contributed by atoms with E-state index in [-0.39, 0.29) is 10.5 Å². The van der Waals surface area contributed by atoms with E-state index in [0.717, 1.165) is 51.6 Å². The number of anilines is 1. The molecule has 9 heteroatoms. The highest BCUT2D eigenvalue weighted by atomic mass is 32.2. The number of rotatable bonds is 6. The summed E-state index contributed by atoms with van der Waals surface area (Å²) in [5, 5.41) is 0. The summed E-state index contributed by atoms with van der Waals surface area (Å²) < 4.78 is 33.4. The minimum Gasteiger partial charge on any atom is -0.449 e. The molecule has 0 aromatic heterocycles. The first-order chi connectivity index (χ1) is 13.8. The SMILES string of the molecule is CC(OC(=O)c1ccc(N2CCCCC2)c(S(=O)(=O)N2CCCCC2)c1)C(N)=O. The van der Waals surface area contributed by atoms with Crippen LogP contribution in [0.25, 0.3) is 0 Å². The molecule has 2 aliphatic rings. The summed E-state index contributed by atoms with van der Waals surface area (Å²) in [5.41, 5.74) is 5.87. The topological polar surface area (TPSA) is 110 Å². The van der Waals surface area contributed by atoms with Gasteiger partial charge in [-0.1, -0.05) is 6.42 Å². The zero-order valence-electron chi connectivity index (χ0n) is 16.8. The van der Waals surface area contributed by atoms with Gasteiger partial charge in [-0.15, -0.1) is 0 Å². The Morgan fingerprint density at radius 3 is 2.17 bits per heavy atom. The van der Waals surface area contributed by atoms with Crippen molar-refractivity contribution in [2.75, 3.05) is 31.1 Å². The van der Waals surface area contributed by atoms with Gasteiger partial charge in [0.2, 0.25) is 10.0 Å². The Kier molecular flexibility index (Phi) is 6.79. The van der Waals surface area contributed by atoms with Crippen LogP contribution in [0.5, 0.6) is 0 Å². The molecule has 2 heterocycles. The Hall–Kier alpha value is -2.13. The zero-order valence-corrected chi connectivity index (χ0v) is 17.6. The van der Waals surface area contributed by atoms with E-state index in [4.69, 9.17) is 10.5 Å². The van der Waals surface area contributed by atoms with Crippen molar-refractivity contribution in [1.82, 2.24) is 4.31 Å². The Morgan fingerprint density at radius 2 is 1.59 bits per heavy atom. The predicted octanol–water partition coefficient (Wildman–Crippen LogP) is 1.88. The lowest BCUT2D eigenvalue weighted by molar-refractivity contribution is -0.125. The standard InChI is InChI=1S/C20H29N3O5S/c1-15(19(21)24)28-20(25)16-8-9-17(22-10-4-2-5-11-22)18(14-16)29(26,27)23-12-6-3-7-13-23/h8-9,14-15H,2-7,10-13H2,1H3,(H2,21,24). The molecular formula is C20H29N3O5S. The predicted molar refractivity (Wildman–Crippen MR) is 109 cm³/mol. The molecule has 8 nitrogen and oxygen atoms in total. The summed E-state index contributed by atoms with van der Waals surface area (Å²) >= 11 is 0. The maximum atomic E-state index is 13.4. The van der Waals surface area contributed by atoms with E-state index < -0.39 is 28.0 Å². The molecular weight excluding hydrogens is 394 g/mol. The minimum atomic E-state index is -3.75. The van der Waals surface area contributed by atoms with Crippen LogP contribution in [-0.2, 0) is 19.6 Å². The molecule has 0 spiro atoms. The molecule has 2 fully saturated rings. The van der Waals surface area contributed by atoms with Gasteiger partial charge in [-0.2, -0.15) is 4.31 Å². The third kappa shape index (κ3) is 4.90. The smallest absolute Gasteiger partial charge is 0.338 e. The third-order valence-electron chi connectivity index (χ3n) is 5.51. The van der Waals surface area contributed by atoms with Crippen LogP contribution in [0.2, 0.25) is 0 Å². The Labute approximate surface area is 172 Å². The van der Waals surface area contributed by atoms with Gasteiger partial charge in [-0.05, 0) is 57.2 Å². The van der Waals surface area contributed by atoms with Gasteiger partial charge in [0.25, 0.3) is 5.91 Å². The molecule has 1 unspecified atom stereocenters. The number of hydrogen-bond donors (Lipinski definition) is 1. The molecule has 0 aliphatic carbocycles. The second-order valence-corrected chi connectivity index (χ2v) is 9.55. The van der Waals surface area contributed by atoms with Crippen molar-refractivity contribution >= 4 is 27.6 Å². The molecule has 2 aliphatic heterocycles. The Bertz CT molecular complexity index is 859. The number of primary amides is 1. The largest absolute Gasteiger partial charge is 0.449 e. The van der Waals surface area contributed by atoms with Crippen LogP contribution in [0.3, 0.4) is 0 Å². The molecule has 0 saturated carbocycles. The van der Waals surface area contributed by atoms with Gasteiger partial charge in [0, 0.05) is 26.2 Å². The normalized spacial score (nSPS) is 19.6. The van der Waals surface area contributed by atoms with Crippen LogP contribution < -0.4 is 10.6 Å². The minimum absolute atomic E-state index is 0.0921. The van der Waals surface area contributed by atoms with E-state index in [1.165, 1.54) is 17.3 Å². The number of sulfonamides is 1. The number of benzene rings is 1. The van der Waals surface area contributed by atoms with Gasteiger partial charge in [0.05, 0.1) is 11.3 Å². The van der Waals surface area contributed by atoms with E-state index in [9.17, 15) is 18.0 Å². The van der Waals surface area contributed by atoms with E-state index in [2.05, 4.69) is 4.90 Å². The highest BCUT2D eigenvalue weighted by Gasteiger charge is 2.31. The maximum Gasteiger partial charge on any atom is 0.338 e. The molecule has 160 valence electrons. The van der Waals surface area contributed by atoms with Crippen molar-refractivity contribution in [1.29, 1.82) is 0 Å². The lowest BCUT2D eigenvalue weighted by atomic mass is 10.1. The van der Waals surface area contributed by atoms with Crippen molar-refractivity contribution in [3.63, 3.8) is 0 Å². The summed E-state index contributed by atoms with van der Waals surface area (Å²) in [4.78, 5) is 25.8. The van der Waals surface area contributed by atoms with Crippen LogP contribution in [0.1, 0.15) is 55.8 Å². The number of ether oxygens (including phenoxy) is 1. The first-order valence-electron chi connectivity index (χ1n) is 10.2. The molecule has 1 aromatic carbocycles. The summed E-state index contributed by atoms with van der Waals surface area (Å²) in [6.45, 7) is 3.91. The van der Waals surface area contributed by atoms with Gasteiger partial charge < -0.3 is 15.4 Å². The van der Waals surface area contributed by atoms with Gasteiger partial charge in [-0.3, -0.25) is 4.79 Å². The number of carbonyl (C=O) groups excluding carboxylic acids is 2. The first kappa shape index (κ1) is 21.6. The molecule has 29 heavy (non-hydrogen) atoms. The van der Waals surface area contributed by atoms with E-state index in [0.29, 0.717) is 18.8 Å². The molecule has 2 saturated heterocycles. The van der Waals surface area contributed by atoms with Gasteiger partial charge in [0.1, 0.15) is 4.90 Å². The first-order valence-corrected chi connectivity index (χ1v) is 11.6. The van der Waals surface area contributed by atoms with Crippen molar-refractivity contribution in [3.05, 3.63) is 23.8 Å². The van der Waals surface area contributed by atoms with Crippen LogP contribution in [0, 0.1) is 0 Å². The number of nitrogens with two attached hydrogens (primary N) is 1. The number of nitrogens with zero attached hydrogens (tertiary/aromatic N) is 2. The fraction of sp³-hybridized carbons (Fsp3) is 0.600.